The lowest BCUT2D eigenvalue weighted by molar-refractivity contribution is 0.0886. The molecule has 1 rings (SSSR count). The van der Waals surface area contributed by atoms with E-state index >= 15 is 0 Å². The fourth-order valence-electron chi connectivity index (χ4n) is 1.78. The van der Waals surface area contributed by atoms with E-state index in [2.05, 4.69) is 17.3 Å². The zero-order valence-electron chi connectivity index (χ0n) is 11.3. The van der Waals surface area contributed by atoms with Gasteiger partial charge in [-0.05, 0) is 13.3 Å². The number of aromatic nitrogens is 2. The van der Waals surface area contributed by atoms with Gasteiger partial charge in [0, 0.05) is 19.9 Å². The molecule has 0 aliphatic heterocycles. The molecule has 0 fully saturated rings. The highest BCUT2D eigenvalue weighted by molar-refractivity contribution is 5.97. The molecule has 6 nitrogen and oxygen atoms in total. The van der Waals surface area contributed by atoms with E-state index in [-0.39, 0.29) is 17.6 Å². The molecule has 1 unspecified atom stereocenters. The highest BCUT2D eigenvalue weighted by Crippen LogP contribution is 2.09. The highest BCUT2D eigenvalue weighted by Gasteiger charge is 2.18. The zero-order valence-corrected chi connectivity index (χ0v) is 11.3. The van der Waals surface area contributed by atoms with Gasteiger partial charge in [0.25, 0.3) is 5.91 Å². The molecule has 18 heavy (non-hydrogen) atoms. The first kappa shape index (κ1) is 14.5. The molecule has 1 aromatic rings. The van der Waals surface area contributed by atoms with Crippen molar-refractivity contribution in [2.75, 3.05) is 19.5 Å². The van der Waals surface area contributed by atoms with Crippen LogP contribution in [0.15, 0.2) is 6.20 Å². The smallest absolute Gasteiger partial charge is 0.274 e. The number of aryl methyl sites for hydroxylation is 1. The van der Waals surface area contributed by atoms with Gasteiger partial charge in [0.05, 0.1) is 18.3 Å². The lowest BCUT2D eigenvalue weighted by Crippen LogP contribution is -2.38. The van der Waals surface area contributed by atoms with E-state index < -0.39 is 0 Å². The Morgan fingerprint density at radius 1 is 1.61 bits per heavy atom. The zero-order chi connectivity index (χ0) is 13.5. The first-order valence-electron chi connectivity index (χ1n) is 6.25. The van der Waals surface area contributed by atoms with Gasteiger partial charge < -0.3 is 15.8 Å². The lowest BCUT2D eigenvalue weighted by atomic mass is 10.1. The Hall–Kier alpha value is -1.56. The van der Waals surface area contributed by atoms with Crippen LogP contribution in [0.25, 0.3) is 0 Å². The van der Waals surface area contributed by atoms with Crippen LogP contribution in [-0.2, 0) is 11.3 Å². The van der Waals surface area contributed by atoms with E-state index in [1.165, 1.54) is 0 Å². The van der Waals surface area contributed by atoms with Crippen LogP contribution in [0.5, 0.6) is 0 Å². The molecule has 6 heteroatoms. The van der Waals surface area contributed by atoms with Gasteiger partial charge in [-0.1, -0.05) is 13.3 Å². The molecule has 0 saturated carbocycles. The molecular weight excluding hydrogens is 232 g/mol. The Morgan fingerprint density at radius 3 is 2.83 bits per heavy atom. The molecule has 1 atom stereocenters. The van der Waals surface area contributed by atoms with E-state index in [0.29, 0.717) is 18.8 Å². The molecule has 0 aliphatic rings. The average Bonchev–Trinajstić information content (AvgIpc) is 2.71. The number of nitrogen functional groups attached to an aromatic ring is 1. The third-order valence-electron chi connectivity index (χ3n) is 2.67. The largest absolute Gasteiger partial charge is 0.396 e. The molecule has 0 aliphatic carbocycles. The number of amides is 1. The normalized spacial score (nSPS) is 12.4. The van der Waals surface area contributed by atoms with Crippen LogP contribution >= 0.6 is 0 Å². The molecule has 0 aromatic carbocycles. The minimum atomic E-state index is -0.241. The van der Waals surface area contributed by atoms with Crippen LogP contribution in [0.3, 0.4) is 0 Å². The van der Waals surface area contributed by atoms with Gasteiger partial charge in [-0.2, -0.15) is 5.10 Å². The molecule has 102 valence electrons. The summed E-state index contributed by atoms with van der Waals surface area (Å²) in [5.41, 5.74) is 6.46. The Kier molecular flexibility index (Phi) is 5.64. The fraction of sp³-hybridized carbons (Fsp3) is 0.667. The number of nitrogens with one attached hydrogen (secondary N) is 1. The summed E-state index contributed by atoms with van der Waals surface area (Å²) in [6, 6.07) is -0.00123. The maximum atomic E-state index is 12.0. The fourth-order valence-corrected chi connectivity index (χ4v) is 1.78. The van der Waals surface area contributed by atoms with Crippen molar-refractivity contribution < 1.29 is 9.53 Å². The number of anilines is 1. The number of nitrogens with two attached hydrogens (primary N) is 1. The Balaban J connectivity index is 2.70. The SMILES string of the molecule is CCCC(COC)NC(=O)c1nn(CC)cc1N. The molecule has 0 spiro atoms. The molecule has 0 radical (unpaired) electrons. The second-order valence-electron chi connectivity index (χ2n) is 4.20. The van der Waals surface area contributed by atoms with E-state index in [0.717, 1.165) is 12.8 Å². The van der Waals surface area contributed by atoms with E-state index in [1.54, 1.807) is 18.0 Å². The summed E-state index contributed by atoms with van der Waals surface area (Å²) in [5, 5.41) is 7.03. The molecule has 3 N–H and O–H groups in total. The van der Waals surface area contributed by atoms with Crippen molar-refractivity contribution in [3.63, 3.8) is 0 Å². The molecule has 1 amide bonds. The number of ether oxygens (including phenoxy) is 1. The minimum absolute atomic E-state index is 0.00123. The Bertz CT molecular complexity index is 383. The molecule has 0 saturated heterocycles. The first-order chi connectivity index (χ1) is 8.62. The van der Waals surface area contributed by atoms with Crippen LogP contribution in [0.1, 0.15) is 37.2 Å². The number of carbonyl (C=O) groups excluding carboxylic acids is 1. The van der Waals surface area contributed by atoms with Gasteiger partial charge in [-0.3, -0.25) is 9.48 Å². The van der Waals surface area contributed by atoms with Crippen molar-refractivity contribution in [3.05, 3.63) is 11.9 Å². The van der Waals surface area contributed by atoms with Crippen LogP contribution in [0, 0.1) is 0 Å². The third kappa shape index (κ3) is 3.73. The molecule has 0 bridgehead atoms. The van der Waals surface area contributed by atoms with Crippen molar-refractivity contribution in [3.8, 4) is 0 Å². The van der Waals surface area contributed by atoms with Crippen molar-refractivity contribution in [1.82, 2.24) is 15.1 Å². The first-order valence-corrected chi connectivity index (χ1v) is 6.25. The van der Waals surface area contributed by atoms with E-state index in [4.69, 9.17) is 10.5 Å². The van der Waals surface area contributed by atoms with E-state index in [1.807, 2.05) is 6.92 Å². The maximum absolute atomic E-state index is 12.0. The summed E-state index contributed by atoms with van der Waals surface area (Å²) >= 11 is 0. The quantitative estimate of drug-likeness (QED) is 0.761. The predicted molar refractivity (Wildman–Crippen MR) is 70.4 cm³/mol. The Morgan fingerprint density at radius 2 is 2.33 bits per heavy atom. The standard InChI is InChI=1S/C12H22N4O2/c1-4-6-9(8-18-3)14-12(17)11-10(13)7-16(5-2)15-11/h7,9H,4-6,8,13H2,1-3H3,(H,14,17). The monoisotopic (exact) mass is 254 g/mol. The number of nitrogens with zero attached hydrogens (tertiary/aromatic N) is 2. The van der Waals surface area contributed by atoms with Gasteiger partial charge in [0.15, 0.2) is 5.69 Å². The number of hydrogen-bond donors (Lipinski definition) is 2. The lowest BCUT2D eigenvalue weighted by Gasteiger charge is -2.16. The molecule has 1 heterocycles. The van der Waals surface area contributed by atoms with Crippen LogP contribution in [0.4, 0.5) is 5.69 Å². The van der Waals surface area contributed by atoms with Crippen molar-refractivity contribution in [1.29, 1.82) is 0 Å². The van der Waals surface area contributed by atoms with Gasteiger partial charge in [0.2, 0.25) is 0 Å². The molecular formula is C12H22N4O2. The van der Waals surface area contributed by atoms with Gasteiger partial charge in [0.1, 0.15) is 0 Å². The van der Waals surface area contributed by atoms with Crippen molar-refractivity contribution in [2.45, 2.75) is 39.3 Å². The summed E-state index contributed by atoms with van der Waals surface area (Å²) in [6.07, 6.45) is 3.52. The van der Waals surface area contributed by atoms with Gasteiger partial charge in [-0.25, -0.2) is 0 Å². The van der Waals surface area contributed by atoms with Crippen LogP contribution in [-0.4, -0.2) is 35.4 Å². The van der Waals surface area contributed by atoms with Crippen molar-refractivity contribution >= 4 is 11.6 Å². The van der Waals surface area contributed by atoms with Gasteiger partial charge in [-0.15, -0.1) is 0 Å². The second kappa shape index (κ2) is 7.00. The second-order valence-corrected chi connectivity index (χ2v) is 4.20. The minimum Gasteiger partial charge on any atom is -0.396 e. The van der Waals surface area contributed by atoms with Crippen LogP contribution < -0.4 is 11.1 Å². The average molecular weight is 254 g/mol. The maximum Gasteiger partial charge on any atom is 0.274 e. The summed E-state index contributed by atoms with van der Waals surface area (Å²) in [6.45, 7) is 5.19. The molecule has 1 aromatic heterocycles. The highest BCUT2D eigenvalue weighted by atomic mass is 16.5. The number of methoxy groups -OCH3 is 1. The third-order valence-corrected chi connectivity index (χ3v) is 2.67. The van der Waals surface area contributed by atoms with Gasteiger partial charge >= 0.3 is 0 Å². The number of hydrogen-bond acceptors (Lipinski definition) is 4. The number of rotatable bonds is 7. The van der Waals surface area contributed by atoms with E-state index in [9.17, 15) is 4.79 Å². The van der Waals surface area contributed by atoms with Crippen molar-refractivity contribution in [2.24, 2.45) is 0 Å². The summed E-state index contributed by atoms with van der Waals surface area (Å²) in [7, 11) is 1.62. The predicted octanol–water partition coefficient (Wildman–Crippen LogP) is 1.03. The Labute approximate surface area is 107 Å². The van der Waals surface area contributed by atoms with Crippen LogP contribution in [0.2, 0.25) is 0 Å². The summed E-state index contributed by atoms with van der Waals surface area (Å²) < 4.78 is 6.73. The number of carbonyl (C=O) groups is 1. The topological polar surface area (TPSA) is 82.2 Å². The summed E-state index contributed by atoms with van der Waals surface area (Å²) in [4.78, 5) is 12.0. The summed E-state index contributed by atoms with van der Waals surface area (Å²) in [5.74, 6) is -0.241.